The summed E-state index contributed by atoms with van der Waals surface area (Å²) < 4.78 is 18.5. The quantitative estimate of drug-likeness (QED) is 0.129. The number of alkyl halides is 1. The highest BCUT2D eigenvalue weighted by atomic mass is 35.5. The Bertz CT molecular complexity index is 1360. The van der Waals surface area contributed by atoms with E-state index in [-0.39, 0.29) is 12.2 Å². The summed E-state index contributed by atoms with van der Waals surface area (Å²) in [5.41, 5.74) is 6.25. The van der Waals surface area contributed by atoms with Gasteiger partial charge in [0.15, 0.2) is 6.29 Å². The molecule has 1 aliphatic carbocycles. The van der Waals surface area contributed by atoms with Gasteiger partial charge in [0.2, 0.25) is 0 Å². The zero-order chi connectivity index (χ0) is 28.8. The number of fused-ring (bicyclic) bond motifs is 1. The summed E-state index contributed by atoms with van der Waals surface area (Å²) in [4.78, 5) is 14.0. The van der Waals surface area contributed by atoms with E-state index in [9.17, 15) is 9.90 Å². The molecule has 5 rings (SSSR count). The minimum atomic E-state index is -0.236. The van der Waals surface area contributed by atoms with Crippen molar-refractivity contribution in [2.75, 3.05) is 38.7 Å². The number of benzene rings is 3. The average molecular weight is 599 g/mol. The van der Waals surface area contributed by atoms with Gasteiger partial charge in [-0.2, -0.15) is 0 Å². The first kappa shape index (κ1) is 29.7. The van der Waals surface area contributed by atoms with E-state index in [4.69, 9.17) is 37.4 Å². The molecule has 1 N–H and O–H groups in total. The molecule has 8 heteroatoms. The van der Waals surface area contributed by atoms with Crippen LogP contribution in [-0.4, -0.2) is 61.1 Å². The molecule has 3 aromatic carbocycles. The Morgan fingerprint density at radius 3 is 2.56 bits per heavy atom. The monoisotopic (exact) mass is 597 g/mol. The summed E-state index contributed by atoms with van der Waals surface area (Å²) in [6.45, 7) is 5.59. The van der Waals surface area contributed by atoms with Crippen molar-refractivity contribution in [1.82, 2.24) is 4.90 Å². The maximum Gasteiger partial charge on any atom is 0.153 e. The number of aliphatic hydroxyl groups excluding tert-OH is 1. The molecule has 0 amide bonds. The summed E-state index contributed by atoms with van der Waals surface area (Å²) in [5.74, 6) is 2.42. The van der Waals surface area contributed by atoms with E-state index in [0.29, 0.717) is 47.7 Å². The summed E-state index contributed by atoms with van der Waals surface area (Å²) in [6, 6.07) is 15.9. The van der Waals surface area contributed by atoms with Gasteiger partial charge in [-0.05, 0) is 79.0 Å². The summed E-state index contributed by atoms with van der Waals surface area (Å²) >= 11 is 12.4. The van der Waals surface area contributed by atoms with Crippen LogP contribution in [0.15, 0.2) is 48.5 Å². The third-order valence-electron chi connectivity index (χ3n) is 7.91. The molecule has 218 valence electrons. The maximum atomic E-state index is 11.7. The second-order valence-corrected chi connectivity index (χ2v) is 11.5. The van der Waals surface area contributed by atoms with Crippen LogP contribution in [0.25, 0.3) is 11.1 Å². The zero-order valence-electron chi connectivity index (χ0n) is 23.4. The van der Waals surface area contributed by atoms with Crippen molar-refractivity contribution in [1.29, 1.82) is 0 Å². The van der Waals surface area contributed by atoms with Crippen molar-refractivity contribution in [2.24, 2.45) is 0 Å². The lowest BCUT2D eigenvalue weighted by Gasteiger charge is -2.19. The Balaban J connectivity index is 1.31. The Labute approximate surface area is 252 Å². The van der Waals surface area contributed by atoms with Crippen LogP contribution in [0.1, 0.15) is 58.8 Å². The first-order valence-electron chi connectivity index (χ1n) is 14.4. The fourth-order valence-corrected chi connectivity index (χ4v) is 6.11. The fraction of sp³-hybridized carbons (Fsp3) is 0.424. The van der Waals surface area contributed by atoms with E-state index in [0.717, 1.165) is 73.9 Å². The molecular formula is C33H37Cl2NO5. The normalized spacial score (nSPS) is 18.3. The van der Waals surface area contributed by atoms with Gasteiger partial charge in [-0.15, -0.1) is 11.6 Å². The molecule has 0 aromatic heterocycles. The number of aldehydes is 1. The number of rotatable bonds is 13. The van der Waals surface area contributed by atoms with E-state index in [1.54, 1.807) is 12.1 Å². The van der Waals surface area contributed by atoms with Crippen LogP contribution in [0.4, 0.5) is 0 Å². The van der Waals surface area contributed by atoms with Crippen molar-refractivity contribution in [3.05, 3.63) is 75.8 Å². The van der Waals surface area contributed by atoms with Gasteiger partial charge in [-0.25, -0.2) is 0 Å². The first-order valence-corrected chi connectivity index (χ1v) is 15.3. The number of carbonyl (C=O) groups excluding carboxylic acids is 1. The molecule has 0 unspecified atom stereocenters. The van der Waals surface area contributed by atoms with Gasteiger partial charge in [0, 0.05) is 31.6 Å². The highest BCUT2D eigenvalue weighted by molar-refractivity contribution is 6.32. The number of halogens is 2. The lowest BCUT2D eigenvalue weighted by molar-refractivity contribution is 0.111. The number of ether oxygens (including phenoxy) is 3. The van der Waals surface area contributed by atoms with Crippen LogP contribution in [0.5, 0.6) is 17.2 Å². The molecular weight excluding hydrogens is 561 g/mol. The lowest BCUT2D eigenvalue weighted by atomic mass is 9.93. The molecule has 1 heterocycles. The highest BCUT2D eigenvalue weighted by Crippen LogP contribution is 2.43. The molecule has 2 aliphatic rings. The summed E-state index contributed by atoms with van der Waals surface area (Å²) in [7, 11) is 0. The third-order valence-corrected chi connectivity index (χ3v) is 8.47. The van der Waals surface area contributed by atoms with Gasteiger partial charge in [0.05, 0.1) is 29.9 Å². The number of hydrogen-bond donors (Lipinski definition) is 1. The van der Waals surface area contributed by atoms with Crippen LogP contribution in [0.2, 0.25) is 5.02 Å². The number of likely N-dealkylation sites (tertiary alicyclic amines) is 1. The molecule has 3 aromatic rings. The van der Waals surface area contributed by atoms with Crippen molar-refractivity contribution >= 4 is 29.5 Å². The third kappa shape index (κ3) is 7.00. The predicted molar refractivity (Wildman–Crippen MR) is 163 cm³/mol. The Morgan fingerprint density at radius 1 is 1.00 bits per heavy atom. The van der Waals surface area contributed by atoms with Gasteiger partial charge < -0.3 is 24.2 Å². The molecule has 1 aliphatic heterocycles. The van der Waals surface area contributed by atoms with Crippen LogP contribution in [0.3, 0.4) is 0 Å². The van der Waals surface area contributed by atoms with Crippen LogP contribution < -0.4 is 14.2 Å². The van der Waals surface area contributed by atoms with Crippen molar-refractivity contribution in [2.45, 2.75) is 51.2 Å². The van der Waals surface area contributed by atoms with Gasteiger partial charge in [0.1, 0.15) is 23.4 Å². The minimum Gasteiger partial charge on any atom is -0.493 e. The van der Waals surface area contributed by atoms with E-state index in [1.807, 2.05) is 12.1 Å². The van der Waals surface area contributed by atoms with Gasteiger partial charge >= 0.3 is 0 Å². The largest absolute Gasteiger partial charge is 0.493 e. The highest BCUT2D eigenvalue weighted by Gasteiger charge is 2.28. The molecule has 2 atom stereocenters. The molecule has 1 saturated heterocycles. The molecule has 0 spiro atoms. The number of hydrogen-bond acceptors (Lipinski definition) is 6. The smallest absolute Gasteiger partial charge is 0.153 e. The molecule has 0 saturated carbocycles. The van der Waals surface area contributed by atoms with Crippen LogP contribution in [-0.2, 0) is 6.42 Å². The Hall–Kier alpha value is -2.77. The maximum absolute atomic E-state index is 11.7. The molecule has 41 heavy (non-hydrogen) atoms. The van der Waals surface area contributed by atoms with Crippen molar-refractivity contribution in [3.8, 4) is 28.4 Å². The standard InChI is InChI=1S/C33H37Cl2NO5/c1-22-25(6-3-9-30(22)39-16-4-13-34)26-7-2-8-28-27(26)10-11-31(28)41-33-19-32(23(21-37)18-29(33)35)40-17-5-14-36-15-12-24(38)20-36/h2-3,6-9,18-19,21,24,31,38H,4-5,10-17,20H2,1H3/t24-,31+/m1/s1. The number of nitrogens with zero attached hydrogens (tertiary/aromatic N) is 1. The second kappa shape index (κ2) is 13.9. The predicted octanol–water partition coefficient (Wildman–Crippen LogP) is 7.04. The van der Waals surface area contributed by atoms with Gasteiger partial charge in [0.25, 0.3) is 0 Å². The summed E-state index contributed by atoms with van der Waals surface area (Å²) in [5, 5.41) is 10.1. The second-order valence-electron chi connectivity index (χ2n) is 10.7. The van der Waals surface area contributed by atoms with Crippen molar-refractivity contribution in [3.63, 3.8) is 0 Å². The van der Waals surface area contributed by atoms with Crippen molar-refractivity contribution < 1.29 is 24.1 Å². The molecule has 0 radical (unpaired) electrons. The number of aliphatic hydroxyl groups is 1. The van der Waals surface area contributed by atoms with E-state index < -0.39 is 0 Å². The topological polar surface area (TPSA) is 68.2 Å². The SMILES string of the molecule is Cc1c(OCCCCl)cccc1-c1cccc2c1CC[C@@H]2Oc1cc(OCCCN2CC[C@@H](O)C2)c(C=O)cc1Cl. The van der Waals surface area contributed by atoms with E-state index in [1.165, 1.54) is 11.1 Å². The van der Waals surface area contributed by atoms with E-state index in [2.05, 4.69) is 36.1 Å². The molecule has 0 bridgehead atoms. The summed E-state index contributed by atoms with van der Waals surface area (Å²) in [6.07, 6.45) is 4.47. The number of β-amino-alcohol motifs (C(OH)–C–C–N with tert-alkyl or cyclic N) is 1. The van der Waals surface area contributed by atoms with E-state index >= 15 is 0 Å². The average Bonchev–Trinajstić information content (AvgIpc) is 3.59. The van der Waals surface area contributed by atoms with Crippen LogP contribution in [0, 0.1) is 6.92 Å². The lowest BCUT2D eigenvalue weighted by Crippen LogP contribution is -2.24. The zero-order valence-corrected chi connectivity index (χ0v) is 24.9. The fourth-order valence-electron chi connectivity index (χ4n) is 5.79. The molecule has 6 nitrogen and oxygen atoms in total. The van der Waals surface area contributed by atoms with Gasteiger partial charge in [-0.1, -0.05) is 41.9 Å². The molecule has 1 fully saturated rings. The Morgan fingerprint density at radius 2 is 1.78 bits per heavy atom. The van der Waals surface area contributed by atoms with Crippen LogP contribution >= 0.6 is 23.2 Å². The Kier molecular flexibility index (Phi) is 10.1. The van der Waals surface area contributed by atoms with Gasteiger partial charge in [-0.3, -0.25) is 4.79 Å². The first-order chi connectivity index (χ1) is 20.0. The number of carbonyl (C=O) groups is 1. The minimum absolute atomic E-state index is 0.164.